The molecule has 0 radical (unpaired) electrons. The number of nitrogens with zero attached hydrogens (tertiary/aromatic N) is 2. The summed E-state index contributed by atoms with van der Waals surface area (Å²) < 4.78 is 2.43. The molecule has 0 saturated heterocycles. The normalized spacial score (nSPS) is 10.7. The van der Waals surface area contributed by atoms with Gasteiger partial charge in [0.25, 0.3) is 5.56 Å². The number of nitrogens with one attached hydrogen (secondary N) is 1. The number of hydrogen-bond acceptors (Lipinski definition) is 3. The quantitative estimate of drug-likeness (QED) is 0.598. The minimum Gasteiger partial charge on any atom is -0.355 e. The van der Waals surface area contributed by atoms with Crippen LogP contribution in [-0.4, -0.2) is 21.6 Å². The molecule has 0 bridgehead atoms. The molecule has 3 rings (SSSR count). The van der Waals surface area contributed by atoms with Gasteiger partial charge in [0.15, 0.2) is 0 Å². The van der Waals surface area contributed by atoms with Crippen LogP contribution in [0.4, 0.5) is 0 Å². The Hall–Kier alpha value is -3.41. The van der Waals surface area contributed by atoms with E-state index in [-0.39, 0.29) is 12.5 Å². The molecule has 6 heteroatoms. The van der Waals surface area contributed by atoms with Crippen LogP contribution in [0.15, 0.2) is 76.4 Å². The molecule has 0 spiro atoms. The fourth-order valence-electron chi connectivity index (χ4n) is 3.16. The Kier molecular flexibility index (Phi) is 6.79. The predicted octanol–water partition coefficient (Wildman–Crippen LogP) is 2.12. The van der Waals surface area contributed by atoms with Crippen LogP contribution in [0.25, 0.3) is 0 Å². The molecule has 6 nitrogen and oxygen atoms in total. The SMILES string of the molecule is Cc1ccccc1Cn1ccc(=O)n(CC(=O)NCCCc2ccccc2)c1=O. The van der Waals surface area contributed by atoms with E-state index in [9.17, 15) is 14.4 Å². The number of carbonyl (C=O) groups excluding carboxylic acids is 1. The zero-order valence-electron chi connectivity index (χ0n) is 16.5. The lowest BCUT2D eigenvalue weighted by Gasteiger charge is -2.11. The molecule has 0 aliphatic rings. The minimum absolute atomic E-state index is 0.280. The Morgan fingerprint density at radius 1 is 0.966 bits per heavy atom. The average Bonchev–Trinajstić information content (AvgIpc) is 2.73. The van der Waals surface area contributed by atoms with Gasteiger partial charge in [0.05, 0.1) is 6.54 Å². The fraction of sp³-hybridized carbons (Fsp3) is 0.261. The topological polar surface area (TPSA) is 73.1 Å². The van der Waals surface area contributed by atoms with Gasteiger partial charge in [-0.1, -0.05) is 54.6 Å². The second kappa shape index (κ2) is 9.68. The van der Waals surface area contributed by atoms with Gasteiger partial charge in [0.2, 0.25) is 5.91 Å². The van der Waals surface area contributed by atoms with E-state index in [1.807, 2.05) is 61.5 Å². The molecular weight excluding hydrogens is 366 g/mol. The standard InChI is InChI=1S/C23H25N3O3/c1-18-8-5-6-12-20(18)16-25-15-13-22(28)26(23(25)29)17-21(27)24-14-7-11-19-9-3-2-4-10-19/h2-6,8-10,12-13,15H,7,11,14,16-17H2,1H3,(H,24,27). The summed E-state index contributed by atoms with van der Waals surface area (Å²) in [5, 5.41) is 2.79. The zero-order valence-corrected chi connectivity index (χ0v) is 16.5. The van der Waals surface area contributed by atoms with E-state index in [0.717, 1.165) is 28.5 Å². The van der Waals surface area contributed by atoms with Crippen LogP contribution in [0.5, 0.6) is 0 Å². The van der Waals surface area contributed by atoms with E-state index in [1.54, 1.807) is 0 Å². The fourth-order valence-corrected chi connectivity index (χ4v) is 3.16. The second-order valence-corrected chi connectivity index (χ2v) is 7.02. The molecule has 1 heterocycles. The van der Waals surface area contributed by atoms with Gasteiger partial charge < -0.3 is 5.32 Å². The molecular formula is C23H25N3O3. The van der Waals surface area contributed by atoms with Gasteiger partial charge in [0, 0.05) is 18.8 Å². The number of aromatic nitrogens is 2. The van der Waals surface area contributed by atoms with Crippen LogP contribution in [0.3, 0.4) is 0 Å². The molecule has 1 amide bonds. The van der Waals surface area contributed by atoms with E-state index in [1.165, 1.54) is 22.4 Å². The Labute approximate surface area is 169 Å². The molecule has 0 unspecified atom stereocenters. The summed E-state index contributed by atoms with van der Waals surface area (Å²) in [6.07, 6.45) is 3.12. The lowest BCUT2D eigenvalue weighted by Crippen LogP contribution is -2.43. The number of carbonyl (C=O) groups is 1. The van der Waals surface area contributed by atoms with E-state index < -0.39 is 11.2 Å². The Balaban J connectivity index is 1.61. The highest BCUT2D eigenvalue weighted by atomic mass is 16.2. The van der Waals surface area contributed by atoms with Crippen LogP contribution in [0.1, 0.15) is 23.1 Å². The van der Waals surface area contributed by atoms with Gasteiger partial charge >= 0.3 is 5.69 Å². The van der Waals surface area contributed by atoms with Crippen molar-refractivity contribution in [3.63, 3.8) is 0 Å². The van der Waals surface area contributed by atoms with Crippen molar-refractivity contribution in [2.75, 3.05) is 6.54 Å². The summed E-state index contributed by atoms with van der Waals surface area (Å²) in [6.45, 7) is 2.54. The maximum absolute atomic E-state index is 12.7. The molecule has 0 aliphatic heterocycles. The van der Waals surface area contributed by atoms with E-state index >= 15 is 0 Å². The van der Waals surface area contributed by atoms with E-state index in [2.05, 4.69) is 5.32 Å². The van der Waals surface area contributed by atoms with Gasteiger partial charge in [0.1, 0.15) is 6.54 Å². The molecule has 1 N–H and O–H groups in total. The van der Waals surface area contributed by atoms with Crippen molar-refractivity contribution in [3.05, 3.63) is 104 Å². The number of amides is 1. The van der Waals surface area contributed by atoms with Crippen molar-refractivity contribution in [2.45, 2.75) is 32.9 Å². The third-order valence-electron chi connectivity index (χ3n) is 4.85. The lowest BCUT2D eigenvalue weighted by atomic mass is 10.1. The van der Waals surface area contributed by atoms with Gasteiger partial charge in [-0.2, -0.15) is 0 Å². The van der Waals surface area contributed by atoms with Crippen LogP contribution in [0.2, 0.25) is 0 Å². The van der Waals surface area contributed by atoms with Crippen molar-refractivity contribution in [3.8, 4) is 0 Å². The highest BCUT2D eigenvalue weighted by Crippen LogP contribution is 2.07. The van der Waals surface area contributed by atoms with Gasteiger partial charge in [-0.05, 0) is 36.5 Å². The third kappa shape index (κ3) is 5.54. The Morgan fingerprint density at radius 2 is 1.69 bits per heavy atom. The van der Waals surface area contributed by atoms with Crippen molar-refractivity contribution in [2.24, 2.45) is 0 Å². The predicted molar refractivity (Wildman–Crippen MR) is 113 cm³/mol. The first kappa shape index (κ1) is 20.3. The van der Waals surface area contributed by atoms with Crippen molar-refractivity contribution < 1.29 is 4.79 Å². The zero-order chi connectivity index (χ0) is 20.6. The molecule has 0 aliphatic carbocycles. The highest BCUT2D eigenvalue weighted by molar-refractivity contribution is 5.75. The lowest BCUT2D eigenvalue weighted by molar-refractivity contribution is -0.121. The number of benzene rings is 2. The molecule has 1 aromatic heterocycles. The van der Waals surface area contributed by atoms with Crippen molar-refractivity contribution in [1.82, 2.24) is 14.5 Å². The first-order valence-electron chi connectivity index (χ1n) is 9.70. The Bertz CT molecular complexity index is 1080. The monoisotopic (exact) mass is 391 g/mol. The molecule has 0 fully saturated rings. The summed E-state index contributed by atoms with van der Waals surface area (Å²) in [4.78, 5) is 37.1. The first-order chi connectivity index (χ1) is 14.0. The van der Waals surface area contributed by atoms with Crippen molar-refractivity contribution >= 4 is 5.91 Å². The van der Waals surface area contributed by atoms with Crippen LogP contribution in [-0.2, 0) is 24.3 Å². The van der Waals surface area contributed by atoms with Crippen molar-refractivity contribution in [1.29, 1.82) is 0 Å². The smallest absolute Gasteiger partial charge is 0.331 e. The largest absolute Gasteiger partial charge is 0.355 e. The third-order valence-corrected chi connectivity index (χ3v) is 4.85. The summed E-state index contributed by atoms with van der Waals surface area (Å²) in [5.74, 6) is -0.342. The Morgan fingerprint density at radius 3 is 2.45 bits per heavy atom. The van der Waals surface area contributed by atoms with Gasteiger partial charge in [-0.3, -0.25) is 18.7 Å². The summed E-state index contributed by atoms with van der Waals surface area (Å²) in [5.41, 5.74) is 2.30. The molecule has 150 valence electrons. The van der Waals surface area contributed by atoms with Crippen LogP contribution >= 0.6 is 0 Å². The molecule has 0 saturated carbocycles. The first-order valence-corrected chi connectivity index (χ1v) is 9.70. The maximum Gasteiger partial charge on any atom is 0.331 e. The second-order valence-electron chi connectivity index (χ2n) is 7.02. The average molecular weight is 391 g/mol. The molecule has 2 aromatic carbocycles. The number of hydrogen-bond donors (Lipinski definition) is 1. The van der Waals surface area contributed by atoms with Gasteiger partial charge in [-0.15, -0.1) is 0 Å². The van der Waals surface area contributed by atoms with Crippen LogP contribution < -0.4 is 16.6 Å². The number of aryl methyl sites for hydroxylation is 2. The summed E-state index contributed by atoms with van der Waals surface area (Å²) in [6, 6.07) is 19.1. The minimum atomic E-state index is -0.486. The van der Waals surface area contributed by atoms with Gasteiger partial charge in [-0.25, -0.2) is 4.79 Å². The number of rotatable bonds is 8. The maximum atomic E-state index is 12.7. The molecule has 0 atom stereocenters. The van der Waals surface area contributed by atoms with E-state index in [0.29, 0.717) is 13.1 Å². The van der Waals surface area contributed by atoms with E-state index in [4.69, 9.17) is 0 Å². The van der Waals surface area contributed by atoms with Crippen LogP contribution in [0, 0.1) is 6.92 Å². The summed E-state index contributed by atoms with van der Waals surface area (Å²) in [7, 11) is 0. The summed E-state index contributed by atoms with van der Waals surface area (Å²) >= 11 is 0. The molecule has 3 aromatic rings. The highest BCUT2D eigenvalue weighted by Gasteiger charge is 2.10. The molecule has 29 heavy (non-hydrogen) atoms.